The van der Waals surface area contributed by atoms with Gasteiger partial charge >= 0.3 is 0 Å². The van der Waals surface area contributed by atoms with E-state index >= 15 is 0 Å². The summed E-state index contributed by atoms with van der Waals surface area (Å²) in [7, 11) is -3.43. The van der Waals surface area contributed by atoms with Crippen LogP contribution in [-0.4, -0.2) is 35.8 Å². The Morgan fingerprint density at radius 1 is 1.50 bits per heavy atom. The van der Waals surface area contributed by atoms with Crippen molar-refractivity contribution < 1.29 is 13.2 Å². The van der Waals surface area contributed by atoms with Crippen LogP contribution in [0.15, 0.2) is 0 Å². The van der Waals surface area contributed by atoms with E-state index in [4.69, 9.17) is 11.6 Å². The first-order valence-electron chi connectivity index (χ1n) is 4.38. The van der Waals surface area contributed by atoms with Crippen molar-refractivity contribution in [1.29, 1.82) is 0 Å². The van der Waals surface area contributed by atoms with E-state index < -0.39 is 14.8 Å². The van der Waals surface area contributed by atoms with Crippen LogP contribution in [0.2, 0.25) is 0 Å². The number of hydrogen-bond acceptors (Lipinski definition) is 3. The number of hydrogen-bond donors (Lipinski definition) is 0. The van der Waals surface area contributed by atoms with Crippen molar-refractivity contribution in [1.82, 2.24) is 4.31 Å². The van der Waals surface area contributed by atoms with Crippen molar-refractivity contribution in [3.63, 3.8) is 0 Å². The first-order valence-corrected chi connectivity index (χ1v) is 6.35. The predicted octanol–water partition coefficient (Wildman–Crippen LogP) is 0.812. The van der Waals surface area contributed by atoms with Crippen molar-refractivity contribution >= 4 is 27.5 Å². The standard InChI is InChI=1S/C8H14ClNO3S/c1-6(4-9)5-10-7(11)8(2,3)14(10,12)13/h6H,4-5H2,1-3H3. The van der Waals surface area contributed by atoms with Gasteiger partial charge in [0.1, 0.15) is 0 Å². The molecule has 1 amide bonds. The summed E-state index contributed by atoms with van der Waals surface area (Å²) in [5.74, 6) is 0.000618. The molecule has 1 heterocycles. The Kier molecular flexibility index (Phi) is 2.84. The van der Waals surface area contributed by atoms with E-state index in [0.29, 0.717) is 5.88 Å². The molecule has 0 N–H and O–H groups in total. The maximum Gasteiger partial charge on any atom is 0.258 e. The average Bonchev–Trinajstić information content (AvgIpc) is 2.12. The van der Waals surface area contributed by atoms with Crippen LogP contribution in [0.3, 0.4) is 0 Å². The Hall–Kier alpha value is -0.290. The van der Waals surface area contributed by atoms with Gasteiger partial charge in [0, 0.05) is 12.4 Å². The fourth-order valence-electron chi connectivity index (χ4n) is 1.27. The van der Waals surface area contributed by atoms with Gasteiger partial charge in [-0.3, -0.25) is 4.79 Å². The van der Waals surface area contributed by atoms with Gasteiger partial charge in [-0.05, 0) is 19.8 Å². The van der Waals surface area contributed by atoms with Gasteiger partial charge in [-0.15, -0.1) is 11.6 Å². The molecule has 82 valence electrons. The SMILES string of the molecule is CC(CCl)CN1C(=O)C(C)(C)S1(=O)=O. The summed E-state index contributed by atoms with van der Waals surface area (Å²) in [6.07, 6.45) is 0. The topological polar surface area (TPSA) is 54.5 Å². The lowest BCUT2D eigenvalue weighted by Gasteiger charge is -2.43. The van der Waals surface area contributed by atoms with E-state index in [2.05, 4.69) is 0 Å². The van der Waals surface area contributed by atoms with Gasteiger partial charge in [-0.2, -0.15) is 0 Å². The molecule has 0 saturated carbocycles. The second-order valence-electron chi connectivity index (χ2n) is 4.11. The Balaban J connectivity index is 2.82. The summed E-state index contributed by atoms with van der Waals surface area (Å²) in [5.41, 5.74) is 0. The molecule has 0 bridgehead atoms. The van der Waals surface area contributed by atoms with Gasteiger partial charge in [0.15, 0.2) is 4.75 Å². The Labute approximate surface area is 89.3 Å². The minimum atomic E-state index is -3.43. The molecule has 1 aliphatic heterocycles. The third kappa shape index (κ3) is 1.42. The van der Waals surface area contributed by atoms with Crippen LogP contribution >= 0.6 is 11.6 Å². The summed E-state index contributed by atoms with van der Waals surface area (Å²) < 4.78 is 22.9. The first kappa shape index (κ1) is 11.8. The summed E-state index contributed by atoms with van der Waals surface area (Å²) >= 11 is 5.56. The lowest BCUT2D eigenvalue weighted by Crippen LogP contribution is -2.67. The number of nitrogens with zero attached hydrogens (tertiary/aromatic N) is 1. The van der Waals surface area contributed by atoms with Gasteiger partial charge in [0.25, 0.3) is 15.9 Å². The molecule has 1 atom stereocenters. The molecule has 0 aromatic heterocycles. The number of amides is 1. The lowest BCUT2D eigenvalue weighted by atomic mass is 10.1. The van der Waals surface area contributed by atoms with Crippen LogP contribution in [0.1, 0.15) is 20.8 Å². The molecule has 14 heavy (non-hydrogen) atoms. The van der Waals surface area contributed by atoms with E-state index in [0.717, 1.165) is 4.31 Å². The molecule has 1 saturated heterocycles. The highest BCUT2D eigenvalue weighted by molar-refractivity contribution is 7.94. The highest BCUT2D eigenvalue weighted by Crippen LogP contribution is 2.35. The minimum absolute atomic E-state index is 0.00788. The molecule has 6 heteroatoms. The summed E-state index contributed by atoms with van der Waals surface area (Å²) in [4.78, 5) is 11.5. The molecule has 1 aliphatic rings. The zero-order chi connectivity index (χ0) is 11.1. The molecule has 1 fully saturated rings. The van der Waals surface area contributed by atoms with Crippen LogP contribution in [-0.2, 0) is 14.8 Å². The quantitative estimate of drug-likeness (QED) is 0.685. The molecular formula is C8H14ClNO3S. The van der Waals surface area contributed by atoms with Crippen molar-refractivity contribution in [2.24, 2.45) is 5.92 Å². The molecule has 0 spiro atoms. The number of alkyl halides is 1. The monoisotopic (exact) mass is 239 g/mol. The Morgan fingerprint density at radius 2 is 2.00 bits per heavy atom. The third-order valence-electron chi connectivity index (χ3n) is 2.42. The van der Waals surface area contributed by atoms with Crippen molar-refractivity contribution in [3.8, 4) is 0 Å². The van der Waals surface area contributed by atoms with Crippen LogP contribution in [0, 0.1) is 5.92 Å². The maximum absolute atomic E-state index is 11.6. The van der Waals surface area contributed by atoms with Crippen LogP contribution in [0.4, 0.5) is 0 Å². The molecule has 0 aromatic carbocycles. The predicted molar refractivity (Wildman–Crippen MR) is 54.6 cm³/mol. The number of carbonyl (C=O) groups excluding carboxylic acids is 1. The fourth-order valence-corrected chi connectivity index (χ4v) is 3.01. The van der Waals surface area contributed by atoms with Gasteiger partial charge < -0.3 is 0 Å². The number of rotatable bonds is 3. The molecule has 0 radical (unpaired) electrons. The summed E-state index contributed by atoms with van der Waals surface area (Å²) in [6, 6.07) is 0. The lowest BCUT2D eigenvalue weighted by molar-refractivity contribution is -0.132. The molecule has 1 rings (SSSR count). The summed E-state index contributed by atoms with van der Waals surface area (Å²) in [5, 5.41) is 0. The van der Waals surface area contributed by atoms with Gasteiger partial charge in [-0.25, -0.2) is 12.7 Å². The molecule has 0 aliphatic carbocycles. The zero-order valence-electron chi connectivity index (χ0n) is 8.45. The first-order chi connectivity index (χ1) is 6.25. The van der Waals surface area contributed by atoms with E-state index in [-0.39, 0.29) is 18.4 Å². The second-order valence-corrected chi connectivity index (χ2v) is 6.83. The highest BCUT2D eigenvalue weighted by Gasteiger charge is 2.59. The maximum atomic E-state index is 11.6. The summed E-state index contributed by atoms with van der Waals surface area (Å²) in [6.45, 7) is 4.84. The van der Waals surface area contributed by atoms with E-state index in [9.17, 15) is 13.2 Å². The molecular weight excluding hydrogens is 226 g/mol. The van der Waals surface area contributed by atoms with Gasteiger partial charge in [0.05, 0.1) is 0 Å². The van der Waals surface area contributed by atoms with Crippen LogP contribution < -0.4 is 0 Å². The van der Waals surface area contributed by atoms with E-state index in [1.165, 1.54) is 13.8 Å². The van der Waals surface area contributed by atoms with Crippen LogP contribution in [0.25, 0.3) is 0 Å². The van der Waals surface area contributed by atoms with Crippen molar-refractivity contribution in [3.05, 3.63) is 0 Å². The zero-order valence-corrected chi connectivity index (χ0v) is 10.0. The van der Waals surface area contributed by atoms with Gasteiger partial charge in [-0.1, -0.05) is 6.92 Å². The number of sulfonamides is 1. The molecule has 4 nitrogen and oxygen atoms in total. The van der Waals surface area contributed by atoms with Crippen molar-refractivity contribution in [2.45, 2.75) is 25.5 Å². The van der Waals surface area contributed by atoms with Crippen LogP contribution in [0.5, 0.6) is 0 Å². The smallest absolute Gasteiger partial charge is 0.258 e. The Morgan fingerprint density at radius 3 is 2.36 bits per heavy atom. The van der Waals surface area contributed by atoms with E-state index in [1.54, 1.807) is 6.92 Å². The molecule has 1 unspecified atom stereocenters. The number of halogens is 1. The highest BCUT2D eigenvalue weighted by atomic mass is 35.5. The normalized spacial score (nSPS) is 25.7. The average molecular weight is 240 g/mol. The van der Waals surface area contributed by atoms with Gasteiger partial charge in [0.2, 0.25) is 0 Å². The van der Waals surface area contributed by atoms with Crippen molar-refractivity contribution in [2.75, 3.05) is 12.4 Å². The third-order valence-corrected chi connectivity index (χ3v) is 5.30. The minimum Gasteiger partial charge on any atom is -0.272 e. The fraction of sp³-hybridized carbons (Fsp3) is 0.875. The largest absolute Gasteiger partial charge is 0.272 e. The second kappa shape index (κ2) is 3.38. The molecule has 0 aromatic rings. The Bertz CT molecular complexity index is 350. The number of carbonyl (C=O) groups is 1. The van der Waals surface area contributed by atoms with E-state index in [1.807, 2.05) is 0 Å².